The molecule has 5 nitrogen and oxygen atoms in total. The third-order valence-corrected chi connectivity index (χ3v) is 4.01. The molecule has 1 aliphatic rings. The van der Waals surface area contributed by atoms with E-state index in [-0.39, 0.29) is 30.4 Å². The third kappa shape index (κ3) is 5.01. The summed E-state index contributed by atoms with van der Waals surface area (Å²) in [6, 6.07) is 3.50. The van der Waals surface area contributed by atoms with E-state index < -0.39 is 23.6 Å². The Bertz CT molecular complexity index is 652. The van der Waals surface area contributed by atoms with E-state index in [9.17, 15) is 18.4 Å². The normalized spacial score (nSPS) is 15.5. The minimum atomic E-state index is -1.23. The van der Waals surface area contributed by atoms with Gasteiger partial charge in [-0.05, 0) is 18.9 Å². The van der Waals surface area contributed by atoms with E-state index in [2.05, 4.69) is 10.6 Å². The third-order valence-electron chi connectivity index (χ3n) is 4.01. The van der Waals surface area contributed by atoms with Crippen LogP contribution in [0.4, 0.5) is 8.78 Å². The molecule has 2 amide bonds. The Kier molecular flexibility index (Phi) is 6.24. The molecule has 0 saturated heterocycles. The van der Waals surface area contributed by atoms with Crippen LogP contribution in [-0.2, 0) is 9.59 Å². The van der Waals surface area contributed by atoms with Crippen LogP contribution in [0.25, 0.3) is 0 Å². The molecule has 2 rings (SSSR count). The summed E-state index contributed by atoms with van der Waals surface area (Å²) in [6.45, 7) is 0. The monoisotopic (exact) mass is 335 g/mol. The Morgan fingerprint density at radius 1 is 1.21 bits per heavy atom. The molecular formula is C17H19F2N3O2. The van der Waals surface area contributed by atoms with Gasteiger partial charge in [0.05, 0.1) is 6.07 Å². The molecule has 7 heteroatoms. The molecule has 0 bridgehead atoms. The highest BCUT2D eigenvalue weighted by atomic mass is 19.1. The van der Waals surface area contributed by atoms with Crippen LogP contribution >= 0.6 is 0 Å². The van der Waals surface area contributed by atoms with Crippen LogP contribution in [0.5, 0.6) is 0 Å². The molecule has 1 atom stereocenters. The average molecular weight is 335 g/mol. The predicted molar refractivity (Wildman–Crippen MR) is 82.5 cm³/mol. The van der Waals surface area contributed by atoms with E-state index in [1.165, 1.54) is 0 Å². The SMILES string of the molecule is N#C[C@@H](NC(=O)CCC(=O)NC1CCCC1)c1ccc(F)cc1F. The van der Waals surface area contributed by atoms with E-state index >= 15 is 0 Å². The molecule has 0 heterocycles. The second-order valence-corrected chi connectivity index (χ2v) is 5.84. The predicted octanol–water partition coefficient (Wildman–Crippen LogP) is 2.48. The highest BCUT2D eigenvalue weighted by Gasteiger charge is 2.20. The van der Waals surface area contributed by atoms with Gasteiger partial charge in [0.1, 0.15) is 17.7 Å². The van der Waals surface area contributed by atoms with Crippen LogP contribution in [0.3, 0.4) is 0 Å². The van der Waals surface area contributed by atoms with Gasteiger partial charge in [0.2, 0.25) is 11.8 Å². The van der Waals surface area contributed by atoms with Gasteiger partial charge in [-0.3, -0.25) is 9.59 Å². The van der Waals surface area contributed by atoms with E-state index in [0.29, 0.717) is 6.07 Å². The lowest BCUT2D eigenvalue weighted by molar-refractivity contribution is -0.127. The van der Waals surface area contributed by atoms with Crippen molar-refractivity contribution in [2.45, 2.75) is 50.6 Å². The van der Waals surface area contributed by atoms with Crippen molar-refractivity contribution < 1.29 is 18.4 Å². The molecule has 24 heavy (non-hydrogen) atoms. The fraction of sp³-hybridized carbons (Fsp3) is 0.471. The zero-order valence-electron chi connectivity index (χ0n) is 13.1. The summed E-state index contributed by atoms with van der Waals surface area (Å²) in [5.74, 6) is -2.41. The lowest BCUT2D eigenvalue weighted by Gasteiger charge is -2.14. The van der Waals surface area contributed by atoms with Gasteiger partial charge in [-0.2, -0.15) is 5.26 Å². The van der Waals surface area contributed by atoms with Crippen LogP contribution < -0.4 is 10.6 Å². The largest absolute Gasteiger partial charge is 0.353 e. The fourth-order valence-corrected chi connectivity index (χ4v) is 2.75. The Labute approximate surface area is 139 Å². The number of halogens is 2. The zero-order valence-corrected chi connectivity index (χ0v) is 13.1. The lowest BCUT2D eigenvalue weighted by Crippen LogP contribution is -2.34. The van der Waals surface area contributed by atoms with Crippen molar-refractivity contribution in [2.24, 2.45) is 0 Å². The van der Waals surface area contributed by atoms with Crippen LogP contribution in [0.2, 0.25) is 0 Å². The number of hydrogen-bond donors (Lipinski definition) is 2. The van der Waals surface area contributed by atoms with Crippen LogP contribution in [0.1, 0.15) is 50.1 Å². The first kappa shape index (κ1) is 17.9. The molecule has 0 aliphatic heterocycles. The van der Waals surface area contributed by atoms with Crippen LogP contribution in [0, 0.1) is 23.0 Å². The molecule has 1 fully saturated rings. The number of rotatable bonds is 6. The summed E-state index contributed by atoms with van der Waals surface area (Å²) in [7, 11) is 0. The van der Waals surface area contributed by atoms with E-state index in [1.807, 2.05) is 0 Å². The molecule has 0 unspecified atom stereocenters. The quantitative estimate of drug-likeness (QED) is 0.838. The van der Waals surface area contributed by atoms with E-state index in [0.717, 1.165) is 37.8 Å². The number of amides is 2. The highest BCUT2D eigenvalue weighted by Crippen LogP contribution is 2.19. The summed E-state index contributed by atoms with van der Waals surface area (Å²) in [5.41, 5.74) is -0.109. The van der Waals surface area contributed by atoms with E-state index in [1.54, 1.807) is 6.07 Å². The first-order valence-electron chi connectivity index (χ1n) is 7.93. The Morgan fingerprint density at radius 2 is 1.88 bits per heavy atom. The van der Waals surface area contributed by atoms with Crippen molar-refractivity contribution in [3.63, 3.8) is 0 Å². The van der Waals surface area contributed by atoms with Gasteiger partial charge in [0, 0.05) is 30.5 Å². The summed E-state index contributed by atoms with van der Waals surface area (Å²) >= 11 is 0. The number of nitriles is 1. The van der Waals surface area contributed by atoms with Gasteiger partial charge in [-0.25, -0.2) is 8.78 Å². The Morgan fingerprint density at radius 3 is 2.50 bits per heavy atom. The Hall–Kier alpha value is -2.49. The van der Waals surface area contributed by atoms with Crippen molar-refractivity contribution >= 4 is 11.8 Å². The minimum Gasteiger partial charge on any atom is -0.353 e. The van der Waals surface area contributed by atoms with Crippen molar-refractivity contribution in [1.29, 1.82) is 5.26 Å². The number of carbonyl (C=O) groups excluding carboxylic acids is 2. The molecule has 0 aromatic heterocycles. The second kappa shape index (κ2) is 8.39. The van der Waals surface area contributed by atoms with Crippen molar-refractivity contribution in [1.82, 2.24) is 10.6 Å². The van der Waals surface area contributed by atoms with Crippen molar-refractivity contribution in [2.75, 3.05) is 0 Å². The van der Waals surface area contributed by atoms with Gasteiger partial charge >= 0.3 is 0 Å². The molecule has 1 aromatic carbocycles. The number of benzene rings is 1. The first-order chi connectivity index (χ1) is 11.5. The summed E-state index contributed by atoms with van der Waals surface area (Å²) in [5, 5.41) is 14.3. The molecule has 0 radical (unpaired) electrons. The molecule has 1 saturated carbocycles. The molecule has 128 valence electrons. The molecular weight excluding hydrogens is 316 g/mol. The number of hydrogen-bond acceptors (Lipinski definition) is 3. The highest BCUT2D eigenvalue weighted by molar-refractivity contribution is 5.84. The summed E-state index contributed by atoms with van der Waals surface area (Å²) in [6.07, 6.45) is 4.01. The van der Waals surface area contributed by atoms with Gasteiger partial charge in [0.15, 0.2) is 0 Å². The summed E-state index contributed by atoms with van der Waals surface area (Å²) in [4.78, 5) is 23.6. The van der Waals surface area contributed by atoms with E-state index in [4.69, 9.17) is 5.26 Å². The van der Waals surface area contributed by atoms with Crippen LogP contribution in [-0.4, -0.2) is 17.9 Å². The number of nitrogens with zero attached hydrogens (tertiary/aromatic N) is 1. The zero-order chi connectivity index (χ0) is 17.5. The molecule has 2 N–H and O–H groups in total. The summed E-state index contributed by atoms with van der Waals surface area (Å²) < 4.78 is 26.6. The fourth-order valence-electron chi connectivity index (χ4n) is 2.75. The number of carbonyl (C=O) groups is 2. The minimum absolute atomic E-state index is 0.00633. The second-order valence-electron chi connectivity index (χ2n) is 5.84. The maximum Gasteiger partial charge on any atom is 0.221 e. The molecule has 1 aliphatic carbocycles. The standard InChI is InChI=1S/C17H19F2N3O2/c18-11-5-6-13(14(19)9-11)15(10-20)22-17(24)8-7-16(23)21-12-3-1-2-4-12/h5-6,9,12,15H,1-4,7-8H2,(H,21,23)(H,22,24)/t15-/m1/s1. The first-order valence-corrected chi connectivity index (χ1v) is 7.93. The van der Waals surface area contributed by atoms with Crippen molar-refractivity contribution in [3.8, 4) is 6.07 Å². The topological polar surface area (TPSA) is 82.0 Å². The molecule has 1 aromatic rings. The number of nitrogens with one attached hydrogen (secondary N) is 2. The van der Waals surface area contributed by atoms with Crippen LogP contribution in [0.15, 0.2) is 18.2 Å². The van der Waals surface area contributed by atoms with Gasteiger partial charge in [-0.1, -0.05) is 18.9 Å². The van der Waals surface area contributed by atoms with Gasteiger partial charge < -0.3 is 10.6 Å². The van der Waals surface area contributed by atoms with Gasteiger partial charge in [0.25, 0.3) is 0 Å². The Balaban J connectivity index is 1.83. The maximum absolute atomic E-state index is 13.7. The smallest absolute Gasteiger partial charge is 0.221 e. The van der Waals surface area contributed by atoms with Crippen molar-refractivity contribution in [3.05, 3.63) is 35.4 Å². The lowest BCUT2D eigenvalue weighted by atomic mass is 10.1. The van der Waals surface area contributed by atoms with Gasteiger partial charge in [-0.15, -0.1) is 0 Å². The molecule has 0 spiro atoms. The average Bonchev–Trinajstić information content (AvgIpc) is 3.04. The maximum atomic E-state index is 13.7.